The molecule has 1 aromatic carbocycles. The van der Waals surface area contributed by atoms with E-state index < -0.39 is 0 Å². The van der Waals surface area contributed by atoms with Crippen LogP contribution in [0, 0.1) is 19.8 Å². The quantitative estimate of drug-likeness (QED) is 0.882. The third kappa shape index (κ3) is 2.76. The highest BCUT2D eigenvalue weighted by molar-refractivity contribution is 5.32. The van der Waals surface area contributed by atoms with Gasteiger partial charge in [0, 0.05) is 6.04 Å². The largest absolute Gasteiger partial charge is 0.319 e. The molecule has 0 aliphatic carbocycles. The summed E-state index contributed by atoms with van der Waals surface area (Å²) in [6.07, 6.45) is 2.66. The van der Waals surface area contributed by atoms with E-state index in [4.69, 9.17) is 0 Å². The maximum atomic E-state index is 3.36. The molecular weight excluding hydrogens is 220 g/mol. The van der Waals surface area contributed by atoms with E-state index in [1.807, 2.05) is 0 Å². The summed E-state index contributed by atoms with van der Waals surface area (Å²) in [5, 5.41) is 3.36. The van der Waals surface area contributed by atoms with Crippen molar-refractivity contribution in [3.63, 3.8) is 0 Å². The topological polar surface area (TPSA) is 15.3 Å². The minimum absolute atomic E-state index is 0.575. The zero-order chi connectivity index (χ0) is 13.1. The zero-order valence-electron chi connectivity index (χ0n) is 12.2. The van der Waals surface area contributed by atoms with Gasteiger partial charge in [-0.3, -0.25) is 4.90 Å². The third-order valence-electron chi connectivity index (χ3n) is 4.35. The summed E-state index contributed by atoms with van der Waals surface area (Å²) in [7, 11) is 4.33. The van der Waals surface area contributed by atoms with Crippen LogP contribution in [0.15, 0.2) is 18.2 Å². The Morgan fingerprint density at radius 2 is 2.06 bits per heavy atom. The second-order valence-corrected chi connectivity index (χ2v) is 5.73. The van der Waals surface area contributed by atoms with Crippen LogP contribution in [0.1, 0.15) is 35.6 Å². The van der Waals surface area contributed by atoms with Crippen molar-refractivity contribution in [1.29, 1.82) is 0 Å². The van der Waals surface area contributed by atoms with Crippen molar-refractivity contribution in [3.05, 3.63) is 34.9 Å². The van der Waals surface area contributed by atoms with Gasteiger partial charge in [-0.05, 0) is 76.5 Å². The molecular formula is C16H26N2. The minimum Gasteiger partial charge on any atom is -0.319 e. The highest BCUT2D eigenvalue weighted by Gasteiger charge is 2.29. The Balaban J connectivity index is 2.28. The lowest BCUT2D eigenvalue weighted by Crippen LogP contribution is -2.39. The van der Waals surface area contributed by atoms with Crippen LogP contribution in [-0.4, -0.2) is 32.1 Å². The summed E-state index contributed by atoms with van der Waals surface area (Å²) in [4.78, 5) is 2.52. The predicted octanol–water partition coefficient (Wildman–Crippen LogP) is 2.91. The number of rotatable bonds is 3. The lowest BCUT2D eigenvalue weighted by Gasteiger charge is -2.39. The Morgan fingerprint density at radius 3 is 2.72 bits per heavy atom. The fourth-order valence-corrected chi connectivity index (χ4v) is 3.21. The molecule has 0 bridgehead atoms. The summed E-state index contributed by atoms with van der Waals surface area (Å²) >= 11 is 0. The molecule has 0 amide bonds. The van der Waals surface area contributed by atoms with Gasteiger partial charge in [-0.2, -0.15) is 0 Å². The molecule has 18 heavy (non-hydrogen) atoms. The molecule has 0 aromatic heterocycles. The number of piperidine rings is 1. The van der Waals surface area contributed by atoms with Crippen LogP contribution >= 0.6 is 0 Å². The van der Waals surface area contributed by atoms with Crippen LogP contribution in [-0.2, 0) is 0 Å². The van der Waals surface area contributed by atoms with Crippen molar-refractivity contribution < 1.29 is 0 Å². The minimum atomic E-state index is 0.575. The van der Waals surface area contributed by atoms with E-state index in [0.717, 1.165) is 12.5 Å². The number of nitrogens with one attached hydrogen (secondary N) is 1. The molecule has 2 atom stereocenters. The zero-order valence-corrected chi connectivity index (χ0v) is 12.2. The summed E-state index contributed by atoms with van der Waals surface area (Å²) in [5.41, 5.74) is 4.29. The fourth-order valence-electron chi connectivity index (χ4n) is 3.21. The van der Waals surface area contributed by atoms with E-state index in [9.17, 15) is 0 Å². The van der Waals surface area contributed by atoms with Gasteiger partial charge in [-0.25, -0.2) is 0 Å². The third-order valence-corrected chi connectivity index (χ3v) is 4.35. The lowest BCUT2D eigenvalue weighted by molar-refractivity contribution is 0.121. The van der Waals surface area contributed by atoms with Gasteiger partial charge in [0.25, 0.3) is 0 Å². The summed E-state index contributed by atoms with van der Waals surface area (Å²) < 4.78 is 0. The molecule has 2 nitrogen and oxygen atoms in total. The van der Waals surface area contributed by atoms with Gasteiger partial charge < -0.3 is 5.32 Å². The molecule has 1 aromatic rings. The summed E-state index contributed by atoms with van der Waals surface area (Å²) in [6, 6.07) is 7.54. The van der Waals surface area contributed by atoms with Crippen LogP contribution < -0.4 is 5.32 Å². The van der Waals surface area contributed by atoms with Crippen LogP contribution in [0.25, 0.3) is 0 Å². The Labute approximate surface area is 111 Å². The maximum absolute atomic E-state index is 3.36. The monoisotopic (exact) mass is 246 g/mol. The first-order valence-electron chi connectivity index (χ1n) is 7.05. The van der Waals surface area contributed by atoms with Gasteiger partial charge in [0.2, 0.25) is 0 Å². The highest BCUT2D eigenvalue weighted by Crippen LogP contribution is 2.35. The molecule has 1 heterocycles. The van der Waals surface area contributed by atoms with Crippen molar-refractivity contribution in [2.45, 2.75) is 32.7 Å². The summed E-state index contributed by atoms with van der Waals surface area (Å²) in [5.74, 6) is 0.732. The number of aryl methyl sites for hydroxylation is 2. The van der Waals surface area contributed by atoms with E-state index in [-0.39, 0.29) is 0 Å². The van der Waals surface area contributed by atoms with Crippen LogP contribution in [0.2, 0.25) is 0 Å². The molecule has 1 aliphatic rings. The van der Waals surface area contributed by atoms with Gasteiger partial charge in [0.15, 0.2) is 0 Å². The van der Waals surface area contributed by atoms with Gasteiger partial charge in [-0.15, -0.1) is 0 Å². The molecule has 1 saturated heterocycles. The van der Waals surface area contributed by atoms with Crippen molar-refractivity contribution in [1.82, 2.24) is 10.2 Å². The predicted molar refractivity (Wildman–Crippen MR) is 77.9 cm³/mol. The number of nitrogens with zero attached hydrogens (tertiary/aromatic N) is 1. The standard InChI is InChI=1S/C16H26N2/c1-12-7-8-14(10-13(12)2)16-15(11-17-3)6-5-9-18(16)4/h7-8,10,15-17H,5-6,9,11H2,1-4H3. The van der Waals surface area contributed by atoms with Crippen molar-refractivity contribution in [2.24, 2.45) is 5.92 Å². The van der Waals surface area contributed by atoms with E-state index in [1.165, 1.54) is 36.1 Å². The number of hydrogen-bond acceptors (Lipinski definition) is 2. The van der Waals surface area contributed by atoms with E-state index in [2.05, 4.69) is 56.4 Å². The second kappa shape index (κ2) is 5.85. The SMILES string of the molecule is CNCC1CCCN(C)C1c1ccc(C)c(C)c1. The first-order chi connectivity index (χ1) is 8.63. The van der Waals surface area contributed by atoms with Crippen LogP contribution in [0.3, 0.4) is 0 Å². The molecule has 1 aliphatic heterocycles. The Kier molecular flexibility index (Phi) is 4.41. The first kappa shape index (κ1) is 13.6. The van der Waals surface area contributed by atoms with Crippen molar-refractivity contribution >= 4 is 0 Å². The maximum Gasteiger partial charge on any atom is 0.0385 e. The van der Waals surface area contributed by atoms with Gasteiger partial charge in [0.05, 0.1) is 0 Å². The number of benzene rings is 1. The van der Waals surface area contributed by atoms with Crippen molar-refractivity contribution in [2.75, 3.05) is 27.2 Å². The normalized spacial score (nSPS) is 25.3. The lowest BCUT2D eigenvalue weighted by atomic mass is 9.84. The van der Waals surface area contributed by atoms with E-state index in [1.54, 1.807) is 0 Å². The van der Waals surface area contributed by atoms with Gasteiger partial charge in [0.1, 0.15) is 0 Å². The molecule has 1 N–H and O–H groups in total. The Hall–Kier alpha value is -0.860. The molecule has 0 spiro atoms. The Morgan fingerprint density at radius 1 is 1.28 bits per heavy atom. The van der Waals surface area contributed by atoms with Gasteiger partial charge in [-0.1, -0.05) is 18.2 Å². The molecule has 2 heteroatoms. The molecule has 0 saturated carbocycles. The van der Waals surface area contributed by atoms with Crippen LogP contribution in [0.4, 0.5) is 0 Å². The highest BCUT2D eigenvalue weighted by atomic mass is 15.1. The number of hydrogen-bond donors (Lipinski definition) is 1. The summed E-state index contributed by atoms with van der Waals surface area (Å²) in [6.45, 7) is 6.74. The Bertz CT molecular complexity index is 398. The number of likely N-dealkylation sites (tertiary alicyclic amines) is 1. The average Bonchev–Trinajstić information content (AvgIpc) is 2.34. The van der Waals surface area contributed by atoms with E-state index in [0.29, 0.717) is 6.04 Å². The molecule has 0 radical (unpaired) electrons. The molecule has 2 rings (SSSR count). The molecule has 1 fully saturated rings. The first-order valence-corrected chi connectivity index (χ1v) is 7.05. The van der Waals surface area contributed by atoms with Crippen molar-refractivity contribution in [3.8, 4) is 0 Å². The fraction of sp³-hybridized carbons (Fsp3) is 0.625. The van der Waals surface area contributed by atoms with Gasteiger partial charge >= 0.3 is 0 Å². The molecule has 100 valence electrons. The smallest absolute Gasteiger partial charge is 0.0385 e. The van der Waals surface area contributed by atoms with E-state index >= 15 is 0 Å². The second-order valence-electron chi connectivity index (χ2n) is 5.73. The average molecular weight is 246 g/mol. The molecule has 2 unspecified atom stereocenters. The van der Waals surface area contributed by atoms with Crippen LogP contribution in [0.5, 0.6) is 0 Å².